The van der Waals surface area contributed by atoms with Gasteiger partial charge in [0.25, 0.3) is 0 Å². The summed E-state index contributed by atoms with van der Waals surface area (Å²) < 4.78 is 5.27. The van der Waals surface area contributed by atoms with Gasteiger partial charge in [0.1, 0.15) is 17.5 Å². The molecule has 0 bridgehead atoms. The lowest BCUT2D eigenvalue weighted by Crippen LogP contribution is -2.03. The molecular weight excluding hydrogens is 240 g/mol. The van der Waals surface area contributed by atoms with Crippen LogP contribution in [0.3, 0.4) is 0 Å². The number of ether oxygens (including phenoxy) is 1. The van der Waals surface area contributed by atoms with E-state index in [-0.39, 0.29) is 0 Å². The molecule has 96 valence electrons. The molecule has 0 amide bonds. The third-order valence-electron chi connectivity index (χ3n) is 2.67. The summed E-state index contributed by atoms with van der Waals surface area (Å²) in [6, 6.07) is 11.0. The molecule has 0 fully saturated rings. The fourth-order valence-electron chi connectivity index (χ4n) is 1.70. The van der Waals surface area contributed by atoms with Gasteiger partial charge in [-0.25, -0.2) is 4.98 Å². The van der Waals surface area contributed by atoms with Crippen LogP contribution in [-0.2, 0) is 6.54 Å². The SMILES string of the molecule is COc1ccc(N)cc1CNc1ccc(C#N)nc1. The van der Waals surface area contributed by atoms with Crippen LogP contribution in [0.2, 0.25) is 0 Å². The molecule has 0 aliphatic rings. The molecule has 2 aromatic rings. The molecule has 0 radical (unpaired) electrons. The van der Waals surface area contributed by atoms with E-state index in [0.717, 1.165) is 17.0 Å². The third-order valence-corrected chi connectivity index (χ3v) is 2.67. The summed E-state index contributed by atoms with van der Waals surface area (Å²) in [7, 11) is 1.62. The number of nitriles is 1. The number of anilines is 2. The molecule has 0 spiro atoms. The van der Waals surface area contributed by atoms with Gasteiger partial charge in [0.15, 0.2) is 0 Å². The highest BCUT2D eigenvalue weighted by Crippen LogP contribution is 2.22. The summed E-state index contributed by atoms with van der Waals surface area (Å²) in [6.07, 6.45) is 1.62. The number of nitrogens with zero attached hydrogens (tertiary/aromatic N) is 2. The van der Waals surface area contributed by atoms with Gasteiger partial charge in [0.2, 0.25) is 0 Å². The van der Waals surface area contributed by atoms with Gasteiger partial charge in [-0.05, 0) is 30.3 Å². The first-order chi connectivity index (χ1) is 9.22. The van der Waals surface area contributed by atoms with E-state index in [4.69, 9.17) is 15.7 Å². The topological polar surface area (TPSA) is 84.0 Å². The van der Waals surface area contributed by atoms with E-state index >= 15 is 0 Å². The van der Waals surface area contributed by atoms with Crippen molar-refractivity contribution in [2.24, 2.45) is 0 Å². The number of pyridine rings is 1. The number of rotatable bonds is 4. The van der Waals surface area contributed by atoms with Crippen LogP contribution in [0.5, 0.6) is 5.75 Å². The standard InChI is InChI=1S/C14H14N4O/c1-19-14-5-2-11(16)6-10(14)8-17-13-4-3-12(7-15)18-9-13/h2-6,9,17H,8,16H2,1H3. The van der Waals surface area contributed by atoms with Crippen molar-refractivity contribution in [2.45, 2.75) is 6.54 Å². The molecule has 3 N–H and O–H groups in total. The molecule has 0 unspecified atom stereocenters. The molecule has 0 saturated heterocycles. The zero-order valence-corrected chi connectivity index (χ0v) is 10.6. The van der Waals surface area contributed by atoms with Gasteiger partial charge in [0.05, 0.1) is 19.0 Å². The number of nitrogens with two attached hydrogens (primary N) is 1. The fourth-order valence-corrected chi connectivity index (χ4v) is 1.70. The third kappa shape index (κ3) is 3.13. The molecule has 0 aliphatic heterocycles. The number of benzene rings is 1. The quantitative estimate of drug-likeness (QED) is 0.817. The summed E-state index contributed by atoms with van der Waals surface area (Å²) >= 11 is 0. The van der Waals surface area contributed by atoms with Crippen LogP contribution in [-0.4, -0.2) is 12.1 Å². The van der Waals surface area contributed by atoms with Crippen molar-refractivity contribution in [3.8, 4) is 11.8 Å². The Morgan fingerprint density at radius 2 is 2.21 bits per heavy atom. The minimum atomic E-state index is 0.395. The zero-order chi connectivity index (χ0) is 13.7. The largest absolute Gasteiger partial charge is 0.496 e. The Hall–Kier alpha value is -2.74. The second kappa shape index (κ2) is 5.74. The molecule has 0 aliphatic carbocycles. The maximum absolute atomic E-state index is 8.67. The van der Waals surface area contributed by atoms with Crippen molar-refractivity contribution in [3.63, 3.8) is 0 Å². The van der Waals surface area contributed by atoms with Gasteiger partial charge in [0, 0.05) is 17.8 Å². The second-order valence-corrected chi connectivity index (χ2v) is 3.97. The molecule has 1 heterocycles. The average Bonchev–Trinajstić information content (AvgIpc) is 2.46. The maximum atomic E-state index is 8.67. The lowest BCUT2D eigenvalue weighted by Gasteiger charge is -2.11. The molecule has 5 nitrogen and oxygen atoms in total. The molecule has 0 atom stereocenters. The number of methoxy groups -OCH3 is 1. The smallest absolute Gasteiger partial charge is 0.140 e. The lowest BCUT2D eigenvalue weighted by atomic mass is 10.1. The minimum Gasteiger partial charge on any atom is -0.496 e. The molecule has 2 rings (SSSR count). The van der Waals surface area contributed by atoms with Crippen molar-refractivity contribution < 1.29 is 4.74 Å². The van der Waals surface area contributed by atoms with Gasteiger partial charge < -0.3 is 15.8 Å². The summed E-state index contributed by atoms with van der Waals surface area (Å²) in [6.45, 7) is 0.571. The predicted molar refractivity (Wildman–Crippen MR) is 73.7 cm³/mol. The predicted octanol–water partition coefficient (Wildman–Crippen LogP) is 2.16. The summed E-state index contributed by atoms with van der Waals surface area (Å²) in [4.78, 5) is 3.99. The monoisotopic (exact) mass is 254 g/mol. The fraction of sp³-hybridized carbons (Fsp3) is 0.143. The number of nitrogen functional groups attached to an aromatic ring is 1. The number of aromatic nitrogens is 1. The summed E-state index contributed by atoms with van der Waals surface area (Å²) in [5, 5.41) is 11.9. The number of hydrogen-bond acceptors (Lipinski definition) is 5. The Morgan fingerprint density at radius 1 is 1.37 bits per heavy atom. The summed E-state index contributed by atoms with van der Waals surface area (Å²) in [5.74, 6) is 0.781. The van der Waals surface area contributed by atoms with Crippen LogP contribution in [0.4, 0.5) is 11.4 Å². The van der Waals surface area contributed by atoms with E-state index in [0.29, 0.717) is 17.9 Å². The van der Waals surface area contributed by atoms with Crippen LogP contribution in [0.15, 0.2) is 36.5 Å². The van der Waals surface area contributed by atoms with Crippen molar-refractivity contribution in [1.82, 2.24) is 4.98 Å². The Morgan fingerprint density at radius 3 is 2.84 bits per heavy atom. The highest BCUT2D eigenvalue weighted by molar-refractivity contribution is 5.50. The molecular formula is C14H14N4O. The van der Waals surface area contributed by atoms with E-state index in [1.54, 1.807) is 25.4 Å². The Labute approximate surface area is 111 Å². The molecule has 1 aromatic heterocycles. The molecule has 5 heteroatoms. The van der Waals surface area contributed by atoms with Gasteiger partial charge in [-0.2, -0.15) is 5.26 Å². The van der Waals surface area contributed by atoms with Crippen molar-refractivity contribution in [3.05, 3.63) is 47.8 Å². The first kappa shape index (κ1) is 12.7. The van der Waals surface area contributed by atoms with E-state index < -0.39 is 0 Å². The van der Waals surface area contributed by atoms with Crippen LogP contribution >= 0.6 is 0 Å². The summed E-state index contributed by atoms with van der Waals surface area (Å²) in [5.41, 5.74) is 8.64. The lowest BCUT2D eigenvalue weighted by molar-refractivity contribution is 0.410. The number of nitrogens with one attached hydrogen (secondary N) is 1. The van der Waals surface area contributed by atoms with E-state index in [9.17, 15) is 0 Å². The molecule has 0 saturated carbocycles. The normalized spacial score (nSPS) is 9.68. The van der Waals surface area contributed by atoms with Crippen molar-refractivity contribution in [1.29, 1.82) is 5.26 Å². The second-order valence-electron chi connectivity index (χ2n) is 3.97. The van der Waals surface area contributed by atoms with Crippen molar-refractivity contribution >= 4 is 11.4 Å². The number of hydrogen-bond donors (Lipinski definition) is 2. The van der Waals surface area contributed by atoms with Crippen LogP contribution in [0.1, 0.15) is 11.3 Å². The Kier molecular flexibility index (Phi) is 3.84. The van der Waals surface area contributed by atoms with Crippen LogP contribution in [0.25, 0.3) is 0 Å². The van der Waals surface area contributed by atoms with E-state index in [1.807, 2.05) is 24.3 Å². The van der Waals surface area contributed by atoms with Gasteiger partial charge in [-0.1, -0.05) is 0 Å². The van der Waals surface area contributed by atoms with Gasteiger partial charge in [-0.15, -0.1) is 0 Å². The minimum absolute atomic E-state index is 0.395. The zero-order valence-electron chi connectivity index (χ0n) is 10.6. The molecule has 19 heavy (non-hydrogen) atoms. The van der Waals surface area contributed by atoms with Crippen LogP contribution < -0.4 is 15.8 Å². The van der Waals surface area contributed by atoms with Gasteiger partial charge in [-0.3, -0.25) is 0 Å². The van der Waals surface area contributed by atoms with E-state index in [2.05, 4.69) is 10.3 Å². The van der Waals surface area contributed by atoms with Crippen LogP contribution in [0, 0.1) is 11.3 Å². The van der Waals surface area contributed by atoms with E-state index in [1.165, 1.54) is 0 Å². The highest BCUT2D eigenvalue weighted by atomic mass is 16.5. The molecule has 1 aromatic carbocycles. The Balaban J connectivity index is 2.09. The maximum Gasteiger partial charge on any atom is 0.140 e. The van der Waals surface area contributed by atoms with Gasteiger partial charge >= 0.3 is 0 Å². The highest BCUT2D eigenvalue weighted by Gasteiger charge is 2.03. The first-order valence-electron chi connectivity index (χ1n) is 5.75. The average molecular weight is 254 g/mol. The first-order valence-corrected chi connectivity index (χ1v) is 5.75. The Bertz CT molecular complexity index is 602. The van der Waals surface area contributed by atoms with Crippen molar-refractivity contribution in [2.75, 3.05) is 18.2 Å².